The molecule has 0 bridgehead atoms. The predicted molar refractivity (Wildman–Crippen MR) is 96.6 cm³/mol. The van der Waals surface area contributed by atoms with E-state index in [0.29, 0.717) is 34.8 Å². The molecular weight excluding hydrogens is 334 g/mol. The maximum Gasteiger partial charge on any atom is 0.276 e. The Morgan fingerprint density at radius 2 is 1.92 bits per heavy atom. The largest absolute Gasteiger partial charge is 0.493 e. The second-order valence-electron chi connectivity index (χ2n) is 5.59. The van der Waals surface area contributed by atoms with Crippen LogP contribution in [0.1, 0.15) is 16.7 Å². The molecule has 0 saturated carbocycles. The van der Waals surface area contributed by atoms with Crippen molar-refractivity contribution in [1.82, 2.24) is 10.2 Å². The highest BCUT2D eigenvalue weighted by molar-refractivity contribution is 7.99. The molecule has 2 aromatic carbocycles. The second-order valence-corrected chi connectivity index (χ2v) is 6.63. The van der Waals surface area contributed by atoms with E-state index in [9.17, 15) is 0 Å². The van der Waals surface area contributed by atoms with Gasteiger partial charge < -0.3 is 9.15 Å². The first-order chi connectivity index (χ1) is 12.1. The SMILES string of the molecule is Cc1cc(C)cc(-c2nnc(SCCOc3cccc(C#N)c3)o2)c1. The summed E-state index contributed by atoms with van der Waals surface area (Å²) in [7, 11) is 0. The summed E-state index contributed by atoms with van der Waals surface area (Å²) in [6.45, 7) is 4.57. The zero-order valence-electron chi connectivity index (χ0n) is 14.0. The van der Waals surface area contributed by atoms with E-state index in [-0.39, 0.29) is 0 Å². The Hall–Kier alpha value is -2.78. The number of benzene rings is 2. The van der Waals surface area contributed by atoms with E-state index in [2.05, 4.69) is 22.3 Å². The van der Waals surface area contributed by atoms with Gasteiger partial charge in [0, 0.05) is 11.3 Å². The molecule has 0 aliphatic carbocycles. The molecule has 3 rings (SSSR count). The predicted octanol–water partition coefficient (Wildman–Crippen LogP) is 4.40. The summed E-state index contributed by atoms with van der Waals surface area (Å²) < 4.78 is 11.3. The van der Waals surface area contributed by atoms with Gasteiger partial charge >= 0.3 is 0 Å². The first-order valence-electron chi connectivity index (χ1n) is 7.82. The third-order valence-corrected chi connectivity index (χ3v) is 4.20. The van der Waals surface area contributed by atoms with Gasteiger partial charge in [-0.1, -0.05) is 35.0 Å². The van der Waals surface area contributed by atoms with Crippen molar-refractivity contribution in [3.63, 3.8) is 0 Å². The van der Waals surface area contributed by atoms with Crippen LogP contribution in [-0.4, -0.2) is 22.6 Å². The van der Waals surface area contributed by atoms with Crippen molar-refractivity contribution in [3.8, 4) is 23.3 Å². The van der Waals surface area contributed by atoms with Gasteiger partial charge in [0.25, 0.3) is 5.22 Å². The first kappa shape index (κ1) is 17.1. The van der Waals surface area contributed by atoms with E-state index in [1.165, 1.54) is 11.8 Å². The van der Waals surface area contributed by atoms with Gasteiger partial charge in [0.2, 0.25) is 5.89 Å². The van der Waals surface area contributed by atoms with Crippen LogP contribution >= 0.6 is 11.8 Å². The maximum absolute atomic E-state index is 8.88. The molecule has 1 aromatic heterocycles. The van der Waals surface area contributed by atoms with Crippen molar-refractivity contribution in [1.29, 1.82) is 5.26 Å². The average Bonchev–Trinajstić information content (AvgIpc) is 3.07. The number of ether oxygens (including phenoxy) is 1. The molecule has 6 heteroatoms. The van der Waals surface area contributed by atoms with Gasteiger partial charge in [-0.25, -0.2) is 0 Å². The topological polar surface area (TPSA) is 71.9 Å². The molecule has 0 amide bonds. The van der Waals surface area contributed by atoms with Crippen LogP contribution in [0.3, 0.4) is 0 Å². The van der Waals surface area contributed by atoms with E-state index >= 15 is 0 Å². The van der Waals surface area contributed by atoms with Crippen LogP contribution in [0.5, 0.6) is 5.75 Å². The fourth-order valence-corrected chi connectivity index (χ4v) is 3.00. The van der Waals surface area contributed by atoms with Crippen LogP contribution in [0, 0.1) is 25.2 Å². The first-order valence-corrected chi connectivity index (χ1v) is 8.80. The highest BCUT2D eigenvalue weighted by Gasteiger charge is 2.10. The fourth-order valence-electron chi connectivity index (χ4n) is 2.43. The monoisotopic (exact) mass is 351 g/mol. The lowest BCUT2D eigenvalue weighted by atomic mass is 10.1. The van der Waals surface area contributed by atoms with Crippen molar-refractivity contribution in [2.75, 3.05) is 12.4 Å². The van der Waals surface area contributed by atoms with Gasteiger partial charge in [-0.2, -0.15) is 5.26 Å². The Morgan fingerprint density at radius 3 is 2.68 bits per heavy atom. The van der Waals surface area contributed by atoms with E-state index in [1.807, 2.05) is 32.0 Å². The molecular formula is C19H17N3O2S. The van der Waals surface area contributed by atoms with Gasteiger partial charge in [0.15, 0.2) is 0 Å². The molecule has 0 N–H and O–H groups in total. The highest BCUT2D eigenvalue weighted by atomic mass is 32.2. The third kappa shape index (κ3) is 4.61. The normalized spacial score (nSPS) is 10.4. The summed E-state index contributed by atoms with van der Waals surface area (Å²) in [5, 5.41) is 17.6. The van der Waals surface area contributed by atoms with Gasteiger partial charge in [-0.05, 0) is 44.2 Å². The zero-order chi connectivity index (χ0) is 17.6. The van der Waals surface area contributed by atoms with Crippen molar-refractivity contribution < 1.29 is 9.15 Å². The highest BCUT2D eigenvalue weighted by Crippen LogP contribution is 2.25. The van der Waals surface area contributed by atoms with E-state index in [1.54, 1.807) is 18.2 Å². The van der Waals surface area contributed by atoms with Gasteiger partial charge in [-0.3, -0.25) is 0 Å². The van der Waals surface area contributed by atoms with Crippen molar-refractivity contribution in [3.05, 3.63) is 59.2 Å². The van der Waals surface area contributed by atoms with Crippen molar-refractivity contribution in [2.24, 2.45) is 0 Å². The maximum atomic E-state index is 8.88. The molecule has 0 aliphatic heterocycles. The second kappa shape index (κ2) is 7.86. The lowest BCUT2D eigenvalue weighted by Crippen LogP contribution is -2.00. The molecule has 0 atom stereocenters. The average molecular weight is 351 g/mol. The number of nitriles is 1. The van der Waals surface area contributed by atoms with Gasteiger partial charge in [-0.15, -0.1) is 10.2 Å². The minimum atomic E-state index is 0.487. The van der Waals surface area contributed by atoms with Crippen molar-refractivity contribution in [2.45, 2.75) is 19.1 Å². The molecule has 5 nitrogen and oxygen atoms in total. The molecule has 126 valence electrons. The van der Waals surface area contributed by atoms with Crippen LogP contribution in [0.15, 0.2) is 52.1 Å². The molecule has 0 saturated heterocycles. The summed E-state index contributed by atoms with van der Waals surface area (Å²) in [4.78, 5) is 0. The Kier molecular flexibility index (Phi) is 5.36. The number of hydrogen-bond acceptors (Lipinski definition) is 6. The Balaban J connectivity index is 1.54. The molecule has 1 heterocycles. The zero-order valence-corrected chi connectivity index (χ0v) is 14.8. The minimum Gasteiger partial charge on any atom is -0.493 e. The van der Waals surface area contributed by atoms with E-state index < -0.39 is 0 Å². The number of aryl methyl sites for hydroxylation is 2. The number of nitrogens with zero attached hydrogens (tertiary/aromatic N) is 3. The van der Waals surface area contributed by atoms with Crippen molar-refractivity contribution >= 4 is 11.8 Å². The fraction of sp³-hybridized carbons (Fsp3) is 0.211. The lowest BCUT2D eigenvalue weighted by Gasteiger charge is -2.04. The minimum absolute atomic E-state index is 0.487. The molecule has 3 aromatic rings. The Labute approximate surface area is 150 Å². The summed E-state index contributed by atoms with van der Waals surface area (Å²) in [5.41, 5.74) is 3.84. The van der Waals surface area contributed by atoms with Gasteiger partial charge in [0.05, 0.1) is 18.2 Å². The quantitative estimate of drug-likeness (QED) is 0.484. The number of rotatable bonds is 6. The smallest absolute Gasteiger partial charge is 0.276 e. The van der Waals surface area contributed by atoms with Gasteiger partial charge in [0.1, 0.15) is 5.75 Å². The van der Waals surface area contributed by atoms with Crippen LogP contribution in [0.25, 0.3) is 11.5 Å². The summed E-state index contributed by atoms with van der Waals surface area (Å²) in [5.74, 6) is 1.88. The van der Waals surface area contributed by atoms with Crippen LogP contribution < -0.4 is 4.74 Å². The molecule has 0 spiro atoms. The molecule has 0 radical (unpaired) electrons. The van der Waals surface area contributed by atoms with E-state index in [4.69, 9.17) is 14.4 Å². The third-order valence-electron chi connectivity index (χ3n) is 3.42. The lowest BCUT2D eigenvalue weighted by molar-refractivity contribution is 0.343. The summed E-state index contributed by atoms with van der Waals surface area (Å²) in [6.07, 6.45) is 0. The molecule has 0 fully saturated rings. The number of thioether (sulfide) groups is 1. The van der Waals surface area contributed by atoms with Crippen LogP contribution in [0.2, 0.25) is 0 Å². The van der Waals surface area contributed by atoms with E-state index in [0.717, 1.165) is 16.7 Å². The van der Waals surface area contributed by atoms with Crippen LogP contribution in [0.4, 0.5) is 0 Å². The molecule has 0 unspecified atom stereocenters. The molecule has 0 aliphatic rings. The Morgan fingerprint density at radius 1 is 1.12 bits per heavy atom. The van der Waals surface area contributed by atoms with Crippen LogP contribution in [-0.2, 0) is 0 Å². The summed E-state index contributed by atoms with van der Waals surface area (Å²) >= 11 is 1.44. The Bertz CT molecular complexity index is 895. The number of hydrogen-bond donors (Lipinski definition) is 0. The summed E-state index contributed by atoms with van der Waals surface area (Å²) in [6, 6.07) is 15.3. The molecule has 25 heavy (non-hydrogen) atoms. The number of aromatic nitrogens is 2. The standard InChI is InChI=1S/C19H17N3O2S/c1-13-8-14(2)10-16(9-13)18-21-22-19(24-18)25-7-6-23-17-5-3-4-15(11-17)12-20/h3-5,8-11H,6-7H2,1-2H3.